The van der Waals surface area contributed by atoms with Crippen molar-refractivity contribution in [2.75, 3.05) is 0 Å². The van der Waals surface area contributed by atoms with Crippen LogP contribution in [0.1, 0.15) is 25.3 Å². The third-order valence-corrected chi connectivity index (χ3v) is 2.20. The van der Waals surface area contributed by atoms with E-state index in [1.165, 1.54) is 24.4 Å². The number of rotatable bonds is 5. The summed E-state index contributed by atoms with van der Waals surface area (Å²) >= 11 is 0. The lowest BCUT2D eigenvalue weighted by Gasteiger charge is -2.02. The normalized spacial score (nSPS) is 12.6. The molecule has 1 atom stereocenters. The Kier molecular flexibility index (Phi) is 5.13. The maximum atomic E-state index is 11.2. The van der Waals surface area contributed by atoms with Crippen molar-refractivity contribution >= 4 is 12.1 Å². The van der Waals surface area contributed by atoms with Gasteiger partial charge in [0.1, 0.15) is 11.5 Å². The van der Waals surface area contributed by atoms with E-state index in [2.05, 4.69) is 10.5 Å². The Morgan fingerprint density at radius 1 is 1.50 bits per heavy atom. The number of hydrogen-bond acceptors (Lipinski definition) is 5. The lowest BCUT2D eigenvalue weighted by molar-refractivity contribution is -0.121. The molecule has 1 rings (SSSR count). The highest BCUT2D eigenvalue weighted by molar-refractivity contribution is 5.85. The lowest BCUT2D eigenvalue weighted by Crippen LogP contribution is -2.18. The van der Waals surface area contributed by atoms with E-state index in [0.29, 0.717) is 12.0 Å². The number of hydrazone groups is 1. The standard InChI is InChI=1S/C12H16N2O4/c1-8(15)2-5-12(18)14-13-7-9-3-4-10(16)6-11(9)17/h3-4,6-8,15-17H,2,5H2,1H3,(H,14,18)/b13-7-/t8-/m0/s1. The van der Waals surface area contributed by atoms with Gasteiger partial charge in [-0.2, -0.15) is 5.10 Å². The first-order valence-corrected chi connectivity index (χ1v) is 5.51. The highest BCUT2D eigenvalue weighted by Gasteiger charge is 2.03. The Bertz CT molecular complexity index is 444. The largest absolute Gasteiger partial charge is 0.508 e. The monoisotopic (exact) mass is 252 g/mol. The minimum absolute atomic E-state index is 0.0504. The van der Waals surface area contributed by atoms with Crippen molar-refractivity contribution in [3.8, 4) is 11.5 Å². The van der Waals surface area contributed by atoms with Crippen molar-refractivity contribution in [3.63, 3.8) is 0 Å². The molecule has 1 aromatic rings. The average Bonchev–Trinajstić information content (AvgIpc) is 2.29. The van der Waals surface area contributed by atoms with E-state index < -0.39 is 6.10 Å². The summed E-state index contributed by atoms with van der Waals surface area (Å²) in [6, 6.07) is 4.04. The van der Waals surface area contributed by atoms with Crippen molar-refractivity contribution in [3.05, 3.63) is 23.8 Å². The molecule has 0 aliphatic heterocycles. The van der Waals surface area contributed by atoms with Gasteiger partial charge in [0.2, 0.25) is 5.91 Å². The van der Waals surface area contributed by atoms with Crippen LogP contribution in [-0.2, 0) is 4.79 Å². The van der Waals surface area contributed by atoms with Gasteiger partial charge in [0.05, 0.1) is 12.3 Å². The zero-order valence-electron chi connectivity index (χ0n) is 10.00. The summed E-state index contributed by atoms with van der Waals surface area (Å²) in [5, 5.41) is 31.2. The molecule has 0 bridgehead atoms. The number of phenolic OH excluding ortho intramolecular Hbond substituents is 2. The van der Waals surface area contributed by atoms with Crippen molar-refractivity contribution in [1.29, 1.82) is 0 Å². The molecule has 0 aliphatic rings. The average molecular weight is 252 g/mol. The molecule has 0 heterocycles. The number of carbonyl (C=O) groups excluding carboxylic acids is 1. The number of phenols is 2. The van der Waals surface area contributed by atoms with Gasteiger partial charge in [0, 0.05) is 18.1 Å². The Morgan fingerprint density at radius 2 is 2.22 bits per heavy atom. The highest BCUT2D eigenvalue weighted by atomic mass is 16.3. The number of aliphatic hydroxyl groups is 1. The summed E-state index contributed by atoms with van der Waals surface area (Å²) in [4.78, 5) is 11.2. The van der Waals surface area contributed by atoms with Gasteiger partial charge in [-0.3, -0.25) is 4.79 Å². The third kappa shape index (κ3) is 4.84. The Labute approximate surface area is 105 Å². The predicted molar refractivity (Wildman–Crippen MR) is 66.4 cm³/mol. The zero-order valence-corrected chi connectivity index (χ0v) is 10.00. The first kappa shape index (κ1) is 14.0. The summed E-state index contributed by atoms with van der Waals surface area (Å²) in [6.07, 6.45) is 1.29. The molecule has 1 aromatic carbocycles. The fourth-order valence-corrected chi connectivity index (χ4v) is 1.21. The fourth-order valence-electron chi connectivity index (χ4n) is 1.21. The zero-order chi connectivity index (χ0) is 13.5. The Hall–Kier alpha value is -2.08. The van der Waals surface area contributed by atoms with E-state index in [0.717, 1.165) is 0 Å². The van der Waals surface area contributed by atoms with Crippen LogP contribution in [0, 0.1) is 0 Å². The van der Waals surface area contributed by atoms with Gasteiger partial charge < -0.3 is 15.3 Å². The lowest BCUT2D eigenvalue weighted by atomic mass is 10.2. The number of aromatic hydroxyl groups is 2. The molecule has 6 heteroatoms. The summed E-state index contributed by atoms with van der Waals surface area (Å²) in [5.74, 6) is -0.493. The fraction of sp³-hybridized carbons (Fsp3) is 0.333. The molecular formula is C12H16N2O4. The molecule has 0 spiro atoms. The molecule has 0 unspecified atom stereocenters. The Morgan fingerprint density at radius 3 is 2.83 bits per heavy atom. The van der Waals surface area contributed by atoms with Crippen LogP contribution < -0.4 is 5.43 Å². The van der Waals surface area contributed by atoms with Gasteiger partial charge >= 0.3 is 0 Å². The minimum Gasteiger partial charge on any atom is -0.508 e. The molecule has 0 aromatic heterocycles. The van der Waals surface area contributed by atoms with Crippen LogP contribution in [0.25, 0.3) is 0 Å². The van der Waals surface area contributed by atoms with Crippen LogP contribution in [0.4, 0.5) is 0 Å². The number of nitrogens with zero attached hydrogens (tertiary/aromatic N) is 1. The van der Waals surface area contributed by atoms with E-state index in [1.807, 2.05) is 0 Å². The van der Waals surface area contributed by atoms with Gasteiger partial charge in [-0.25, -0.2) is 5.43 Å². The summed E-state index contributed by atoms with van der Waals surface area (Å²) in [7, 11) is 0. The van der Waals surface area contributed by atoms with Gasteiger partial charge in [0.25, 0.3) is 0 Å². The first-order valence-electron chi connectivity index (χ1n) is 5.51. The number of nitrogens with one attached hydrogen (secondary N) is 1. The van der Waals surface area contributed by atoms with Crippen LogP contribution >= 0.6 is 0 Å². The van der Waals surface area contributed by atoms with Crippen molar-refractivity contribution in [1.82, 2.24) is 5.43 Å². The summed E-state index contributed by atoms with van der Waals surface area (Å²) < 4.78 is 0. The minimum atomic E-state index is -0.527. The van der Waals surface area contributed by atoms with Crippen LogP contribution in [0.2, 0.25) is 0 Å². The maximum absolute atomic E-state index is 11.2. The molecule has 0 radical (unpaired) electrons. The number of benzene rings is 1. The molecule has 0 aliphatic carbocycles. The van der Waals surface area contributed by atoms with Crippen LogP contribution in [0.3, 0.4) is 0 Å². The smallest absolute Gasteiger partial charge is 0.240 e. The van der Waals surface area contributed by atoms with Crippen LogP contribution in [-0.4, -0.2) is 33.5 Å². The molecular weight excluding hydrogens is 236 g/mol. The number of carbonyl (C=O) groups is 1. The molecule has 0 saturated carbocycles. The number of amides is 1. The van der Waals surface area contributed by atoms with Crippen molar-refractivity contribution < 1.29 is 20.1 Å². The van der Waals surface area contributed by atoms with E-state index in [4.69, 9.17) is 10.2 Å². The topological polar surface area (TPSA) is 102 Å². The maximum Gasteiger partial charge on any atom is 0.240 e. The van der Waals surface area contributed by atoms with E-state index in [9.17, 15) is 9.90 Å². The number of aliphatic hydroxyl groups excluding tert-OH is 1. The number of hydrogen-bond donors (Lipinski definition) is 4. The third-order valence-electron chi connectivity index (χ3n) is 2.20. The summed E-state index contributed by atoms with van der Waals surface area (Å²) in [5.41, 5.74) is 2.65. The Balaban J connectivity index is 2.47. The van der Waals surface area contributed by atoms with Gasteiger partial charge in [-0.1, -0.05) is 0 Å². The van der Waals surface area contributed by atoms with E-state index in [-0.39, 0.29) is 23.8 Å². The van der Waals surface area contributed by atoms with Gasteiger partial charge in [0.15, 0.2) is 0 Å². The van der Waals surface area contributed by atoms with Gasteiger partial charge in [-0.15, -0.1) is 0 Å². The second-order valence-corrected chi connectivity index (χ2v) is 3.92. The quantitative estimate of drug-likeness (QED) is 0.458. The molecule has 0 saturated heterocycles. The van der Waals surface area contributed by atoms with Crippen molar-refractivity contribution in [2.24, 2.45) is 5.10 Å². The van der Waals surface area contributed by atoms with Crippen LogP contribution in [0.15, 0.2) is 23.3 Å². The van der Waals surface area contributed by atoms with Crippen LogP contribution in [0.5, 0.6) is 11.5 Å². The molecule has 4 N–H and O–H groups in total. The summed E-state index contributed by atoms with van der Waals surface area (Å²) in [6.45, 7) is 1.60. The van der Waals surface area contributed by atoms with Crippen molar-refractivity contribution in [2.45, 2.75) is 25.9 Å². The highest BCUT2D eigenvalue weighted by Crippen LogP contribution is 2.20. The van der Waals surface area contributed by atoms with Gasteiger partial charge in [-0.05, 0) is 25.5 Å². The first-order chi connectivity index (χ1) is 8.49. The molecule has 0 fully saturated rings. The predicted octanol–water partition coefficient (Wildman–Crippen LogP) is 0.709. The van der Waals surface area contributed by atoms with E-state index >= 15 is 0 Å². The SMILES string of the molecule is C[C@H](O)CCC(=O)N/N=C\c1ccc(O)cc1O. The van der Waals surface area contributed by atoms with E-state index in [1.54, 1.807) is 6.92 Å². The molecule has 6 nitrogen and oxygen atoms in total. The molecule has 18 heavy (non-hydrogen) atoms. The second kappa shape index (κ2) is 6.61. The second-order valence-electron chi connectivity index (χ2n) is 3.92. The molecule has 1 amide bonds. The molecule has 98 valence electrons.